The molecule has 202 valence electrons. The van der Waals surface area contributed by atoms with Gasteiger partial charge in [0.1, 0.15) is 17.7 Å². The second-order valence-electron chi connectivity index (χ2n) is 9.40. The van der Waals surface area contributed by atoms with Gasteiger partial charge in [-0.05, 0) is 61.2 Å². The SMILES string of the molecule is NC1NC=Cn2c([C@@H]3CCCCN3C(=O)c3ccnc(Cl)n3)nc(-c3ccc(C(=O)Nc4cccnn4)cc3)c21. The topological polar surface area (TPSA) is 157 Å². The third-order valence-corrected chi connectivity index (χ3v) is 7.09. The van der Waals surface area contributed by atoms with Crippen LogP contribution < -0.4 is 16.4 Å². The van der Waals surface area contributed by atoms with Gasteiger partial charge in [0.15, 0.2) is 5.82 Å². The smallest absolute Gasteiger partial charge is 0.273 e. The normalized spacial score (nSPS) is 18.1. The van der Waals surface area contributed by atoms with Crippen molar-refractivity contribution in [3.05, 3.63) is 89.1 Å². The summed E-state index contributed by atoms with van der Waals surface area (Å²) >= 11 is 5.96. The average molecular weight is 557 g/mol. The number of anilines is 1. The number of amides is 2. The number of hydrogen-bond acceptors (Lipinski definition) is 9. The molecule has 5 heterocycles. The van der Waals surface area contributed by atoms with Gasteiger partial charge >= 0.3 is 0 Å². The number of piperidine rings is 1. The number of carbonyl (C=O) groups excluding carboxylic acids is 2. The predicted molar refractivity (Wildman–Crippen MR) is 148 cm³/mol. The van der Waals surface area contributed by atoms with Crippen LogP contribution in [0.3, 0.4) is 0 Å². The zero-order valence-corrected chi connectivity index (χ0v) is 22.0. The van der Waals surface area contributed by atoms with Crippen LogP contribution in [0.2, 0.25) is 5.28 Å². The summed E-state index contributed by atoms with van der Waals surface area (Å²) < 4.78 is 1.95. The van der Waals surface area contributed by atoms with E-state index < -0.39 is 6.17 Å². The predicted octanol–water partition coefficient (Wildman–Crippen LogP) is 3.39. The lowest BCUT2D eigenvalue weighted by Crippen LogP contribution is -2.40. The van der Waals surface area contributed by atoms with Crippen LogP contribution in [0.15, 0.2) is 61.1 Å². The quantitative estimate of drug-likeness (QED) is 0.313. The molecule has 2 atom stereocenters. The van der Waals surface area contributed by atoms with Crippen molar-refractivity contribution in [2.24, 2.45) is 5.73 Å². The molecule has 4 aromatic rings. The van der Waals surface area contributed by atoms with E-state index in [2.05, 4.69) is 30.8 Å². The van der Waals surface area contributed by atoms with Gasteiger partial charge in [0, 0.05) is 42.5 Å². The van der Waals surface area contributed by atoms with Crippen LogP contribution in [-0.2, 0) is 0 Å². The highest BCUT2D eigenvalue weighted by atomic mass is 35.5. The molecule has 1 saturated heterocycles. The molecule has 0 saturated carbocycles. The summed E-state index contributed by atoms with van der Waals surface area (Å²) in [6, 6.07) is 11.7. The minimum atomic E-state index is -0.519. The molecule has 0 radical (unpaired) electrons. The van der Waals surface area contributed by atoms with Gasteiger partial charge in [-0.25, -0.2) is 15.0 Å². The highest BCUT2D eigenvalue weighted by Crippen LogP contribution is 2.37. The number of nitrogens with zero attached hydrogens (tertiary/aromatic N) is 7. The minimum Gasteiger partial charge on any atom is -0.370 e. The van der Waals surface area contributed by atoms with Crippen LogP contribution in [0.1, 0.15) is 63.8 Å². The van der Waals surface area contributed by atoms with Crippen LogP contribution in [-0.4, -0.2) is 53.0 Å². The Kier molecular flexibility index (Phi) is 6.93. The maximum absolute atomic E-state index is 13.5. The first-order valence-electron chi connectivity index (χ1n) is 12.8. The maximum atomic E-state index is 13.5. The first kappa shape index (κ1) is 25.6. The molecule has 4 N–H and O–H groups in total. The number of likely N-dealkylation sites (tertiary alicyclic amines) is 1. The largest absolute Gasteiger partial charge is 0.370 e. The van der Waals surface area contributed by atoms with Crippen molar-refractivity contribution in [3.63, 3.8) is 0 Å². The van der Waals surface area contributed by atoms with Gasteiger partial charge in [0.25, 0.3) is 11.8 Å². The van der Waals surface area contributed by atoms with Crippen LogP contribution >= 0.6 is 11.6 Å². The van der Waals surface area contributed by atoms with Crippen molar-refractivity contribution in [1.29, 1.82) is 0 Å². The molecular formula is C27H25ClN10O2. The second kappa shape index (κ2) is 10.8. The molecule has 40 heavy (non-hydrogen) atoms. The molecule has 0 aliphatic carbocycles. The number of nitrogens with one attached hydrogen (secondary N) is 2. The standard InChI is InChI=1S/C27H25ClN10O2/c28-27-31-12-10-18(33-27)26(40)37-14-2-1-4-19(37)24-35-21(22-23(29)30-13-15-38(22)24)16-6-8-17(9-7-16)25(39)34-20-5-3-11-32-36-20/h3,5-13,15,19,23,30H,1-2,4,14,29H2,(H,34,36,39)/t19-,23?/m0/s1. The molecular weight excluding hydrogens is 532 g/mol. The second-order valence-corrected chi connectivity index (χ2v) is 9.73. The summed E-state index contributed by atoms with van der Waals surface area (Å²) in [5.74, 6) is 0.538. The highest BCUT2D eigenvalue weighted by molar-refractivity contribution is 6.28. The zero-order valence-electron chi connectivity index (χ0n) is 21.2. The van der Waals surface area contributed by atoms with Crippen LogP contribution in [0.5, 0.6) is 0 Å². The van der Waals surface area contributed by atoms with Gasteiger partial charge in [-0.3, -0.25) is 9.59 Å². The Hall–Kier alpha value is -4.68. The number of benzene rings is 1. The van der Waals surface area contributed by atoms with Crippen molar-refractivity contribution in [2.45, 2.75) is 31.5 Å². The van der Waals surface area contributed by atoms with Crippen molar-refractivity contribution in [3.8, 4) is 11.3 Å². The van der Waals surface area contributed by atoms with Crippen molar-refractivity contribution in [2.75, 3.05) is 11.9 Å². The van der Waals surface area contributed by atoms with E-state index in [0.717, 1.165) is 30.5 Å². The van der Waals surface area contributed by atoms with E-state index >= 15 is 0 Å². The third-order valence-electron chi connectivity index (χ3n) is 6.91. The number of imidazole rings is 1. The van der Waals surface area contributed by atoms with Crippen molar-refractivity contribution in [1.82, 2.24) is 39.9 Å². The van der Waals surface area contributed by atoms with E-state index in [4.69, 9.17) is 22.3 Å². The van der Waals surface area contributed by atoms with Gasteiger partial charge in [0.2, 0.25) is 5.28 Å². The molecule has 3 aromatic heterocycles. The molecule has 2 amide bonds. The first-order chi connectivity index (χ1) is 19.5. The van der Waals surface area contributed by atoms with Gasteiger partial charge in [-0.1, -0.05) is 12.1 Å². The molecule has 2 aliphatic rings. The van der Waals surface area contributed by atoms with Crippen LogP contribution in [0.4, 0.5) is 5.82 Å². The third kappa shape index (κ3) is 4.90. The van der Waals surface area contributed by atoms with Crippen molar-refractivity contribution >= 4 is 35.4 Å². The highest BCUT2D eigenvalue weighted by Gasteiger charge is 2.35. The fourth-order valence-corrected chi connectivity index (χ4v) is 5.19. The lowest BCUT2D eigenvalue weighted by molar-refractivity contribution is 0.0592. The van der Waals surface area contributed by atoms with Gasteiger partial charge in [-0.2, -0.15) is 5.10 Å². The Morgan fingerprint density at radius 3 is 2.70 bits per heavy atom. The molecule has 1 unspecified atom stereocenters. The Balaban J connectivity index is 1.34. The average Bonchev–Trinajstić information content (AvgIpc) is 3.38. The molecule has 1 fully saturated rings. The van der Waals surface area contributed by atoms with E-state index in [1.54, 1.807) is 41.4 Å². The zero-order chi connectivity index (χ0) is 27.6. The number of halogens is 1. The summed E-state index contributed by atoms with van der Waals surface area (Å²) in [7, 11) is 0. The number of aromatic nitrogens is 6. The van der Waals surface area contributed by atoms with E-state index in [-0.39, 0.29) is 28.8 Å². The monoisotopic (exact) mass is 556 g/mol. The summed E-state index contributed by atoms with van der Waals surface area (Å²) in [5.41, 5.74) is 9.39. The maximum Gasteiger partial charge on any atom is 0.273 e. The number of fused-ring (bicyclic) bond motifs is 1. The Labute approximate surface area is 234 Å². The fourth-order valence-electron chi connectivity index (χ4n) is 5.05. The molecule has 6 rings (SSSR count). The van der Waals surface area contributed by atoms with Crippen molar-refractivity contribution < 1.29 is 9.59 Å². The number of hydrogen-bond donors (Lipinski definition) is 3. The van der Waals surface area contributed by atoms with Crippen LogP contribution in [0.25, 0.3) is 17.5 Å². The molecule has 0 bridgehead atoms. The molecule has 1 aromatic carbocycles. The minimum absolute atomic E-state index is 0.0219. The Bertz CT molecular complexity index is 1590. The lowest BCUT2D eigenvalue weighted by atomic mass is 10.0. The molecule has 13 heteroatoms. The first-order valence-corrected chi connectivity index (χ1v) is 13.2. The van der Waals surface area contributed by atoms with E-state index in [1.165, 1.54) is 12.4 Å². The lowest BCUT2D eigenvalue weighted by Gasteiger charge is -2.35. The Morgan fingerprint density at radius 2 is 1.93 bits per heavy atom. The molecule has 2 aliphatic heterocycles. The summed E-state index contributed by atoms with van der Waals surface area (Å²) in [6.07, 6.45) is 8.68. The summed E-state index contributed by atoms with van der Waals surface area (Å²) in [4.78, 5) is 41.1. The van der Waals surface area contributed by atoms with Gasteiger partial charge in [-0.15, -0.1) is 5.10 Å². The van der Waals surface area contributed by atoms with E-state index in [9.17, 15) is 9.59 Å². The van der Waals surface area contributed by atoms with Gasteiger partial charge in [0.05, 0.1) is 17.4 Å². The van der Waals surface area contributed by atoms with Crippen LogP contribution in [0, 0.1) is 0 Å². The fraction of sp³-hybridized carbons (Fsp3) is 0.222. The number of carbonyl (C=O) groups is 2. The van der Waals surface area contributed by atoms with E-state index in [0.29, 0.717) is 29.4 Å². The Morgan fingerprint density at radius 1 is 1.07 bits per heavy atom. The summed E-state index contributed by atoms with van der Waals surface area (Å²) in [6.45, 7) is 0.562. The number of rotatable bonds is 5. The summed E-state index contributed by atoms with van der Waals surface area (Å²) in [5, 5.41) is 13.6. The van der Waals surface area contributed by atoms with Gasteiger partial charge < -0.3 is 25.8 Å². The molecule has 0 spiro atoms. The number of nitrogens with two attached hydrogens (primary N) is 1. The van der Waals surface area contributed by atoms with E-state index in [1.807, 2.05) is 22.9 Å². The molecule has 12 nitrogen and oxygen atoms in total.